The van der Waals surface area contributed by atoms with E-state index in [1.165, 1.54) is 18.9 Å². The SMILES string of the molecule is COc1cc(/C=N\NC(=O)COc2ccc(C(C)(C)C)cc2)ccc1OC(=O)c1ccccc1. The fraction of sp³-hybridized carbons (Fsp3) is 0.222. The molecule has 0 heterocycles. The van der Waals surface area contributed by atoms with Crippen LogP contribution in [0.2, 0.25) is 0 Å². The topological polar surface area (TPSA) is 86.2 Å². The molecule has 1 N–H and O–H groups in total. The molecule has 1 amide bonds. The second-order valence-corrected chi connectivity index (χ2v) is 8.52. The summed E-state index contributed by atoms with van der Waals surface area (Å²) in [4.78, 5) is 24.3. The third-order valence-corrected chi connectivity index (χ3v) is 4.89. The van der Waals surface area contributed by atoms with Gasteiger partial charge < -0.3 is 14.2 Å². The summed E-state index contributed by atoms with van der Waals surface area (Å²) in [6.07, 6.45) is 1.46. The molecule has 3 aromatic carbocycles. The number of methoxy groups -OCH3 is 1. The van der Waals surface area contributed by atoms with Gasteiger partial charge in [0.05, 0.1) is 18.9 Å². The predicted octanol–water partition coefficient (Wildman–Crippen LogP) is 4.74. The molecule has 0 aliphatic heterocycles. The van der Waals surface area contributed by atoms with Gasteiger partial charge in [0.15, 0.2) is 18.1 Å². The highest BCUT2D eigenvalue weighted by Crippen LogP contribution is 2.28. The van der Waals surface area contributed by atoms with Crippen LogP contribution in [0.15, 0.2) is 77.9 Å². The monoisotopic (exact) mass is 460 g/mol. The minimum atomic E-state index is -0.486. The van der Waals surface area contributed by atoms with Gasteiger partial charge in [-0.1, -0.05) is 51.1 Å². The molecule has 0 bridgehead atoms. The van der Waals surface area contributed by atoms with Crippen molar-refractivity contribution >= 4 is 18.1 Å². The number of carbonyl (C=O) groups excluding carboxylic acids is 2. The Morgan fingerprint density at radius 3 is 2.29 bits per heavy atom. The molecule has 7 nitrogen and oxygen atoms in total. The number of hydrogen-bond donors (Lipinski definition) is 1. The van der Waals surface area contributed by atoms with Gasteiger partial charge >= 0.3 is 5.97 Å². The summed E-state index contributed by atoms with van der Waals surface area (Å²) in [6, 6.07) is 21.3. The van der Waals surface area contributed by atoms with Crippen molar-refractivity contribution in [3.8, 4) is 17.2 Å². The Morgan fingerprint density at radius 2 is 1.65 bits per heavy atom. The van der Waals surface area contributed by atoms with E-state index in [1.54, 1.807) is 42.5 Å². The van der Waals surface area contributed by atoms with Crippen molar-refractivity contribution in [2.24, 2.45) is 5.10 Å². The molecule has 0 spiro atoms. The molecule has 34 heavy (non-hydrogen) atoms. The van der Waals surface area contributed by atoms with Crippen LogP contribution in [0.4, 0.5) is 0 Å². The lowest BCUT2D eigenvalue weighted by Crippen LogP contribution is -2.24. The summed E-state index contributed by atoms with van der Waals surface area (Å²) in [5.41, 5.74) is 4.74. The zero-order valence-corrected chi connectivity index (χ0v) is 19.7. The molecule has 0 saturated carbocycles. The molecule has 0 radical (unpaired) electrons. The van der Waals surface area contributed by atoms with E-state index in [0.717, 1.165) is 0 Å². The first-order chi connectivity index (χ1) is 16.3. The van der Waals surface area contributed by atoms with Crippen LogP contribution in [-0.4, -0.2) is 31.8 Å². The highest BCUT2D eigenvalue weighted by atomic mass is 16.6. The number of nitrogens with one attached hydrogen (secondary N) is 1. The first-order valence-electron chi connectivity index (χ1n) is 10.8. The van der Waals surface area contributed by atoms with Gasteiger partial charge in [-0.15, -0.1) is 0 Å². The van der Waals surface area contributed by atoms with E-state index in [0.29, 0.717) is 22.6 Å². The fourth-order valence-electron chi connectivity index (χ4n) is 2.99. The van der Waals surface area contributed by atoms with Gasteiger partial charge in [-0.2, -0.15) is 5.10 Å². The van der Waals surface area contributed by atoms with E-state index in [1.807, 2.05) is 30.3 Å². The second kappa shape index (κ2) is 11.1. The second-order valence-electron chi connectivity index (χ2n) is 8.52. The Morgan fingerprint density at radius 1 is 0.941 bits per heavy atom. The standard InChI is InChI=1S/C27H28N2O5/c1-27(2,3)21-11-13-22(14-12-21)33-18-25(30)29-28-17-19-10-15-23(24(16-19)32-4)34-26(31)20-8-6-5-7-9-20/h5-17H,18H2,1-4H3,(H,29,30)/b28-17-. The third-order valence-electron chi connectivity index (χ3n) is 4.89. The maximum Gasteiger partial charge on any atom is 0.343 e. The van der Waals surface area contributed by atoms with Crippen LogP contribution in [0.1, 0.15) is 42.3 Å². The zero-order valence-electron chi connectivity index (χ0n) is 19.7. The molecule has 0 aromatic heterocycles. The number of nitrogens with zero attached hydrogens (tertiary/aromatic N) is 1. The van der Waals surface area contributed by atoms with Crippen molar-refractivity contribution < 1.29 is 23.8 Å². The van der Waals surface area contributed by atoms with Gasteiger partial charge in [0.1, 0.15) is 5.75 Å². The fourth-order valence-corrected chi connectivity index (χ4v) is 2.99. The molecule has 0 saturated heterocycles. The van der Waals surface area contributed by atoms with E-state index < -0.39 is 11.9 Å². The average molecular weight is 461 g/mol. The van der Waals surface area contributed by atoms with Gasteiger partial charge in [0.25, 0.3) is 5.91 Å². The molecule has 0 aliphatic rings. The van der Waals surface area contributed by atoms with E-state index >= 15 is 0 Å². The van der Waals surface area contributed by atoms with E-state index in [2.05, 4.69) is 31.3 Å². The van der Waals surface area contributed by atoms with Crippen molar-refractivity contribution in [2.45, 2.75) is 26.2 Å². The number of amides is 1. The third kappa shape index (κ3) is 6.93. The largest absolute Gasteiger partial charge is 0.493 e. The van der Waals surface area contributed by atoms with Crippen molar-refractivity contribution in [2.75, 3.05) is 13.7 Å². The first-order valence-corrected chi connectivity index (χ1v) is 10.8. The van der Waals surface area contributed by atoms with Gasteiger partial charge in [0.2, 0.25) is 0 Å². The van der Waals surface area contributed by atoms with E-state index in [9.17, 15) is 9.59 Å². The smallest absolute Gasteiger partial charge is 0.343 e. The molecule has 3 rings (SSSR count). The van der Waals surface area contributed by atoms with E-state index in [4.69, 9.17) is 14.2 Å². The van der Waals surface area contributed by atoms with Crippen LogP contribution >= 0.6 is 0 Å². The lowest BCUT2D eigenvalue weighted by molar-refractivity contribution is -0.123. The Kier molecular flexibility index (Phi) is 8.03. The molecule has 0 fully saturated rings. The highest BCUT2D eigenvalue weighted by molar-refractivity contribution is 5.91. The van der Waals surface area contributed by atoms with Crippen LogP contribution in [-0.2, 0) is 10.2 Å². The van der Waals surface area contributed by atoms with Crippen LogP contribution in [0.25, 0.3) is 0 Å². The molecule has 0 atom stereocenters. The number of hydrogen-bond acceptors (Lipinski definition) is 6. The quantitative estimate of drug-likeness (QED) is 0.227. The van der Waals surface area contributed by atoms with Gasteiger partial charge in [-0.05, 0) is 59.0 Å². The molecule has 176 valence electrons. The Labute approximate surface area is 199 Å². The van der Waals surface area contributed by atoms with Crippen molar-refractivity contribution in [3.05, 3.63) is 89.5 Å². The molecule has 7 heteroatoms. The first kappa shape index (κ1) is 24.5. The van der Waals surface area contributed by atoms with Crippen LogP contribution in [0, 0.1) is 0 Å². The highest BCUT2D eigenvalue weighted by Gasteiger charge is 2.14. The summed E-state index contributed by atoms with van der Waals surface area (Å²) in [5.74, 6) is 0.375. The number of esters is 1. The molecule has 3 aromatic rings. The molecular formula is C27H28N2O5. The normalized spacial score (nSPS) is 11.2. The maximum atomic E-state index is 12.3. The minimum absolute atomic E-state index is 0.0506. The van der Waals surface area contributed by atoms with Crippen LogP contribution in [0.3, 0.4) is 0 Å². The summed E-state index contributed by atoms with van der Waals surface area (Å²) in [5, 5.41) is 3.95. The Bertz CT molecular complexity index is 1150. The van der Waals surface area contributed by atoms with Gasteiger partial charge in [-0.25, -0.2) is 10.2 Å². The summed E-state index contributed by atoms with van der Waals surface area (Å²) in [7, 11) is 1.48. The van der Waals surface area contributed by atoms with Crippen molar-refractivity contribution in [3.63, 3.8) is 0 Å². The molecular weight excluding hydrogens is 432 g/mol. The van der Waals surface area contributed by atoms with Gasteiger partial charge in [-0.3, -0.25) is 4.79 Å². The predicted molar refractivity (Wildman–Crippen MR) is 131 cm³/mol. The average Bonchev–Trinajstić information content (AvgIpc) is 2.83. The number of carbonyl (C=O) groups is 2. The number of rotatable bonds is 8. The zero-order chi connectivity index (χ0) is 24.6. The van der Waals surface area contributed by atoms with Crippen LogP contribution < -0.4 is 19.6 Å². The summed E-state index contributed by atoms with van der Waals surface area (Å²) < 4.78 is 16.3. The van der Waals surface area contributed by atoms with Crippen molar-refractivity contribution in [1.82, 2.24) is 5.43 Å². The Hall–Kier alpha value is -4.13. The minimum Gasteiger partial charge on any atom is -0.493 e. The number of ether oxygens (including phenoxy) is 3. The van der Waals surface area contributed by atoms with Crippen molar-refractivity contribution in [1.29, 1.82) is 0 Å². The Balaban J connectivity index is 1.52. The van der Waals surface area contributed by atoms with Crippen LogP contribution in [0.5, 0.6) is 17.2 Å². The summed E-state index contributed by atoms with van der Waals surface area (Å²) >= 11 is 0. The van der Waals surface area contributed by atoms with Gasteiger partial charge in [0, 0.05) is 0 Å². The number of benzene rings is 3. The maximum absolute atomic E-state index is 12.3. The number of hydrazone groups is 1. The van der Waals surface area contributed by atoms with E-state index in [-0.39, 0.29) is 17.8 Å². The molecule has 0 unspecified atom stereocenters. The lowest BCUT2D eigenvalue weighted by atomic mass is 9.87. The molecule has 0 aliphatic carbocycles. The summed E-state index contributed by atoms with van der Waals surface area (Å²) in [6.45, 7) is 6.24. The lowest BCUT2D eigenvalue weighted by Gasteiger charge is -2.19.